The molecular formula is C35H48N10O3S. The van der Waals surface area contributed by atoms with Gasteiger partial charge < -0.3 is 29.9 Å². The average molecular weight is 689 g/mol. The number of aryl methyl sites for hydroxylation is 1. The fourth-order valence-corrected chi connectivity index (χ4v) is 6.29. The molecule has 13 nitrogen and oxygen atoms in total. The lowest BCUT2D eigenvalue weighted by Crippen LogP contribution is -2.45. The highest BCUT2D eigenvalue weighted by molar-refractivity contribution is 7.93. The predicted molar refractivity (Wildman–Crippen MR) is 193 cm³/mol. The van der Waals surface area contributed by atoms with E-state index in [1.54, 1.807) is 46.0 Å². The van der Waals surface area contributed by atoms with Crippen LogP contribution in [0.1, 0.15) is 69.7 Å². The van der Waals surface area contributed by atoms with Crippen molar-refractivity contribution in [1.29, 1.82) is 16.2 Å². The first-order chi connectivity index (χ1) is 23.4. The van der Waals surface area contributed by atoms with Gasteiger partial charge in [-0.25, -0.2) is 4.79 Å². The number of pyridine rings is 1. The topological polar surface area (TPSA) is 169 Å². The molecule has 5 rings (SSSR count). The predicted octanol–water partition coefficient (Wildman–Crippen LogP) is 5.76. The zero-order valence-electron chi connectivity index (χ0n) is 28.9. The van der Waals surface area contributed by atoms with Crippen molar-refractivity contribution in [3.05, 3.63) is 83.5 Å². The number of rotatable bonds is 10. The smallest absolute Gasteiger partial charge is 0.320 e. The normalized spacial score (nSPS) is 18.4. The van der Waals surface area contributed by atoms with Crippen LogP contribution in [0.3, 0.4) is 0 Å². The van der Waals surface area contributed by atoms with Crippen molar-refractivity contribution in [2.75, 3.05) is 31.3 Å². The van der Waals surface area contributed by atoms with Crippen LogP contribution in [-0.4, -0.2) is 62.9 Å². The van der Waals surface area contributed by atoms with E-state index in [9.17, 15) is 4.79 Å². The maximum atomic E-state index is 13.4. The Bertz CT molecular complexity index is 1740. The van der Waals surface area contributed by atoms with Gasteiger partial charge in [-0.1, -0.05) is 45.0 Å². The molecule has 6 N–H and O–H groups in total. The van der Waals surface area contributed by atoms with Gasteiger partial charge in [0.05, 0.1) is 30.7 Å². The van der Waals surface area contributed by atoms with E-state index in [1.807, 2.05) is 63.2 Å². The minimum Gasteiger partial charge on any atom is -0.484 e. The number of benzene rings is 1. The van der Waals surface area contributed by atoms with Crippen LogP contribution in [0.5, 0.6) is 5.75 Å². The van der Waals surface area contributed by atoms with Gasteiger partial charge in [-0.15, -0.1) is 0 Å². The van der Waals surface area contributed by atoms with E-state index in [1.165, 1.54) is 12.0 Å². The van der Waals surface area contributed by atoms with Gasteiger partial charge in [0, 0.05) is 49.8 Å². The summed E-state index contributed by atoms with van der Waals surface area (Å²) in [6.45, 7) is 8.05. The van der Waals surface area contributed by atoms with Crippen LogP contribution in [0.4, 0.5) is 10.5 Å². The first kappa shape index (κ1) is 35.7. The van der Waals surface area contributed by atoms with E-state index >= 15 is 0 Å². The maximum absolute atomic E-state index is 13.4. The molecule has 2 amide bonds. The van der Waals surface area contributed by atoms with Gasteiger partial charge in [0.25, 0.3) is 0 Å². The molecule has 2 aromatic heterocycles. The Labute approximate surface area is 292 Å². The SMILES string of the molecule is CSOCC1CCN(C(=N)n2cc(OC3CCC(NC(=O)N/C(=C/C(=N)C(C)(C)C)Nc4cnn(C)c4)c4ccccc43)ccc2=N)CC1. The Kier molecular flexibility index (Phi) is 11.5. The molecule has 49 heavy (non-hydrogen) atoms. The lowest BCUT2D eigenvalue weighted by Gasteiger charge is -2.34. The summed E-state index contributed by atoms with van der Waals surface area (Å²) in [6, 6.07) is 10.7. The van der Waals surface area contributed by atoms with Gasteiger partial charge in [-0.2, -0.15) is 5.10 Å². The van der Waals surface area contributed by atoms with E-state index < -0.39 is 11.4 Å². The number of nitrogens with one attached hydrogen (secondary N) is 6. The molecule has 0 saturated carbocycles. The second-order valence-corrected chi connectivity index (χ2v) is 14.1. The molecule has 0 spiro atoms. The average Bonchev–Trinajstić information content (AvgIpc) is 3.49. The summed E-state index contributed by atoms with van der Waals surface area (Å²) in [5.41, 5.74) is 2.80. The van der Waals surface area contributed by atoms with Gasteiger partial charge in [-0.3, -0.25) is 25.4 Å². The van der Waals surface area contributed by atoms with E-state index in [0.717, 1.165) is 43.7 Å². The number of allylic oxidation sites excluding steroid dienone is 1. The van der Waals surface area contributed by atoms with Crippen LogP contribution < -0.4 is 26.2 Å². The molecule has 14 heteroatoms. The number of carbonyl (C=O) groups excluding carboxylic acids is 1. The summed E-state index contributed by atoms with van der Waals surface area (Å²) < 4.78 is 15.3. The second-order valence-electron chi connectivity index (χ2n) is 13.5. The van der Waals surface area contributed by atoms with Crippen LogP contribution in [-0.2, 0) is 11.2 Å². The number of carbonyl (C=O) groups is 1. The van der Waals surface area contributed by atoms with E-state index in [0.29, 0.717) is 41.7 Å². The highest BCUT2D eigenvalue weighted by Crippen LogP contribution is 2.38. The van der Waals surface area contributed by atoms with Crippen LogP contribution in [0.15, 0.2) is 66.9 Å². The Balaban J connectivity index is 1.26. The standard InChI is InChI=1S/C35H48N10O3S/c1-35(2,3)30(36)18-32(40-24-19-39-43(4)20-24)42-34(46)41-28-11-12-29(27-9-7-6-8-26(27)28)48-25-10-13-31(37)45(21-25)33(38)44-16-14-23(15-17-44)22-47-49-5/h6-10,13,18-21,23,28-29,36-38,40H,11-12,14-17,22H2,1-5H3,(H2,41,42,46)/b32-18+,36-30?,37-31?,38-33?. The van der Waals surface area contributed by atoms with Gasteiger partial charge >= 0.3 is 6.03 Å². The number of hydrogen-bond acceptors (Lipinski definition) is 9. The number of nitrogens with zero attached hydrogens (tertiary/aromatic N) is 4. The summed E-state index contributed by atoms with van der Waals surface area (Å²) in [5.74, 6) is 1.70. The minimum atomic E-state index is -0.405. The van der Waals surface area contributed by atoms with Gasteiger partial charge in [-0.05, 0) is 66.9 Å². The number of ether oxygens (including phenoxy) is 1. The largest absolute Gasteiger partial charge is 0.484 e. The van der Waals surface area contributed by atoms with E-state index in [4.69, 9.17) is 25.1 Å². The number of aromatic nitrogens is 3. The molecule has 2 aliphatic rings. The quantitative estimate of drug-likeness (QED) is 0.0894. The third-order valence-electron chi connectivity index (χ3n) is 8.83. The summed E-state index contributed by atoms with van der Waals surface area (Å²) in [6.07, 6.45) is 11.6. The number of piperidine rings is 1. The molecule has 1 aliphatic carbocycles. The molecule has 2 unspecified atom stereocenters. The van der Waals surface area contributed by atoms with Crippen LogP contribution in [0.2, 0.25) is 0 Å². The minimum absolute atomic E-state index is 0.216. The zero-order chi connectivity index (χ0) is 35.1. The van der Waals surface area contributed by atoms with Crippen molar-refractivity contribution in [1.82, 2.24) is 29.9 Å². The molecule has 1 fully saturated rings. The van der Waals surface area contributed by atoms with Crippen molar-refractivity contribution in [3.63, 3.8) is 0 Å². The first-order valence-corrected chi connectivity index (χ1v) is 17.7. The number of amides is 2. The molecule has 0 bridgehead atoms. The number of fused-ring (bicyclic) bond motifs is 1. The highest BCUT2D eigenvalue weighted by Gasteiger charge is 2.30. The molecule has 1 aromatic carbocycles. The number of likely N-dealkylation sites (tertiary alicyclic amines) is 1. The van der Waals surface area contributed by atoms with Crippen LogP contribution in [0, 0.1) is 27.6 Å². The number of urea groups is 1. The summed E-state index contributed by atoms with van der Waals surface area (Å²) in [4.78, 5) is 15.4. The fraction of sp³-hybridized carbons (Fsp3) is 0.457. The fourth-order valence-electron chi connectivity index (χ4n) is 5.96. The van der Waals surface area contributed by atoms with Crippen molar-refractivity contribution in [3.8, 4) is 5.75 Å². The summed E-state index contributed by atoms with van der Waals surface area (Å²) in [7, 11) is 1.81. The third-order valence-corrected chi connectivity index (χ3v) is 9.21. The maximum Gasteiger partial charge on any atom is 0.320 e. The Morgan fingerprint density at radius 1 is 1.06 bits per heavy atom. The first-order valence-electron chi connectivity index (χ1n) is 16.6. The van der Waals surface area contributed by atoms with Crippen LogP contribution in [0.25, 0.3) is 0 Å². The third kappa shape index (κ3) is 9.33. The van der Waals surface area contributed by atoms with E-state index in [2.05, 4.69) is 21.0 Å². The van der Waals surface area contributed by atoms with Crippen molar-refractivity contribution < 1.29 is 13.7 Å². The van der Waals surface area contributed by atoms with Crippen molar-refractivity contribution in [2.24, 2.45) is 18.4 Å². The molecular weight excluding hydrogens is 641 g/mol. The summed E-state index contributed by atoms with van der Waals surface area (Å²) >= 11 is 1.39. The van der Waals surface area contributed by atoms with Crippen molar-refractivity contribution in [2.45, 2.75) is 58.6 Å². The lowest BCUT2D eigenvalue weighted by molar-refractivity contribution is 0.170. The van der Waals surface area contributed by atoms with E-state index in [-0.39, 0.29) is 23.6 Å². The molecule has 3 heterocycles. The molecule has 262 valence electrons. The number of hydrogen-bond donors (Lipinski definition) is 6. The second kappa shape index (κ2) is 15.8. The Morgan fingerprint density at radius 3 is 2.47 bits per heavy atom. The molecule has 3 aromatic rings. The molecule has 0 radical (unpaired) electrons. The number of anilines is 1. The summed E-state index contributed by atoms with van der Waals surface area (Å²) in [5, 5.41) is 39.3. The highest BCUT2D eigenvalue weighted by atomic mass is 32.2. The lowest BCUT2D eigenvalue weighted by atomic mass is 9.85. The van der Waals surface area contributed by atoms with Crippen LogP contribution >= 0.6 is 12.0 Å². The zero-order valence-corrected chi connectivity index (χ0v) is 29.7. The molecule has 1 aliphatic heterocycles. The molecule has 2 atom stereocenters. The van der Waals surface area contributed by atoms with Crippen molar-refractivity contribution >= 4 is 35.4 Å². The Hall–Kier alpha value is -4.56. The van der Waals surface area contributed by atoms with Gasteiger partial charge in [0.1, 0.15) is 23.2 Å². The monoisotopic (exact) mass is 688 g/mol. The molecule has 1 saturated heterocycles. The van der Waals surface area contributed by atoms with Gasteiger partial charge in [0.15, 0.2) is 0 Å². The Morgan fingerprint density at radius 2 is 1.80 bits per heavy atom. The van der Waals surface area contributed by atoms with Gasteiger partial charge in [0.2, 0.25) is 5.96 Å².